The number of ether oxygens (including phenoxy) is 1. The van der Waals surface area contributed by atoms with Crippen LogP contribution in [0.25, 0.3) is 11.0 Å². The topological polar surface area (TPSA) is 89.1 Å². The number of nitrogens with one attached hydrogen (secondary N) is 1. The average molecular weight is 344 g/mol. The molecule has 0 spiro atoms. The highest BCUT2D eigenvalue weighted by atomic mass is 32.2. The zero-order valence-electron chi connectivity index (χ0n) is 13.0. The molecule has 7 heteroatoms. The molecular weight excluding hydrogens is 328 g/mol. The van der Waals surface area contributed by atoms with Crippen LogP contribution in [0.2, 0.25) is 0 Å². The lowest BCUT2D eigenvalue weighted by molar-refractivity contribution is 0.0459. The lowest BCUT2D eigenvalue weighted by atomic mass is 10.2. The van der Waals surface area contributed by atoms with Crippen molar-refractivity contribution in [2.24, 2.45) is 0 Å². The fraction of sp³-hybridized carbons (Fsp3) is 0.176. The molecule has 1 aromatic heterocycles. The van der Waals surface area contributed by atoms with Gasteiger partial charge in [0.15, 0.2) is 9.84 Å². The Morgan fingerprint density at radius 2 is 1.83 bits per heavy atom. The van der Waals surface area contributed by atoms with E-state index in [4.69, 9.17) is 4.74 Å². The summed E-state index contributed by atoms with van der Waals surface area (Å²) in [5.74, 6) is -0.274. The standard InChI is InChI=1S/C17H16N2O4S/c1-2-24(21,22)15-10-6-3-7-12(15)17(20)23-11-16-18-13-8-4-5-9-14(13)19-16/h3-10H,2,11H2,1H3,(H,18,19). The molecule has 2 aromatic carbocycles. The van der Waals surface area contributed by atoms with Crippen molar-refractivity contribution in [2.45, 2.75) is 18.4 Å². The highest BCUT2D eigenvalue weighted by Gasteiger charge is 2.21. The number of imidazole rings is 1. The van der Waals surface area contributed by atoms with Crippen LogP contribution < -0.4 is 0 Å². The summed E-state index contributed by atoms with van der Waals surface area (Å²) in [6.07, 6.45) is 0. The van der Waals surface area contributed by atoms with Crippen LogP contribution in [0.3, 0.4) is 0 Å². The van der Waals surface area contributed by atoms with Gasteiger partial charge in [0.05, 0.1) is 27.2 Å². The highest BCUT2D eigenvalue weighted by molar-refractivity contribution is 7.91. The van der Waals surface area contributed by atoms with Crippen LogP contribution in [-0.2, 0) is 21.2 Å². The van der Waals surface area contributed by atoms with E-state index < -0.39 is 15.8 Å². The molecule has 0 aliphatic carbocycles. The van der Waals surface area contributed by atoms with E-state index in [1.165, 1.54) is 19.1 Å². The van der Waals surface area contributed by atoms with Gasteiger partial charge in [0.2, 0.25) is 0 Å². The van der Waals surface area contributed by atoms with Crippen molar-refractivity contribution in [3.63, 3.8) is 0 Å². The molecule has 0 saturated carbocycles. The summed E-state index contributed by atoms with van der Waals surface area (Å²) in [5, 5.41) is 0. The maximum absolute atomic E-state index is 12.3. The smallest absolute Gasteiger partial charge is 0.339 e. The minimum Gasteiger partial charge on any atom is -0.454 e. The maximum Gasteiger partial charge on any atom is 0.339 e. The number of rotatable bonds is 5. The van der Waals surface area contributed by atoms with Crippen molar-refractivity contribution in [3.05, 3.63) is 59.9 Å². The Morgan fingerprint density at radius 1 is 1.12 bits per heavy atom. The van der Waals surface area contributed by atoms with Gasteiger partial charge in [-0.05, 0) is 24.3 Å². The maximum atomic E-state index is 12.3. The summed E-state index contributed by atoms with van der Waals surface area (Å²) in [5.41, 5.74) is 1.66. The van der Waals surface area contributed by atoms with E-state index in [0.717, 1.165) is 11.0 Å². The molecule has 24 heavy (non-hydrogen) atoms. The molecule has 0 amide bonds. The van der Waals surface area contributed by atoms with E-state index in [9.17, 15) is 13.2 Å². The van der Waals surface area contributed by atoms with E-state index in [0.29, 0.717) is 5.82 Å². The van der Waals surface area contributed by atoms with Gasteiger partial charge in [0.25, 0.3) is 0 Å². The van der Waals surface area contributed by atoms with E-state index in [1.54, 1.807) is 12.1 Å². The second kappa shape index (κ2) is 6.45. The van der Waals surface area contributed by atoms with Gasteiger partial charge in [-0.15, -0.1) is 0 Å². The Kier molecular flexibility index (Phi) is 4.35. The van der Waals surface area contributed by atoms with Crippen LogP contribution in [0.1, 0.15) is 23.1 Å². The van der Waals surface area contributed by atoms with Gasteiger partial charge in [0, 0.05) is 0 Å². The zero-order chi connectivity index (χ0) is 17.2. The number of carbonyl (C=O) groups is 1. The molecule has 3 rings (SSSR count). The Labute approximate surface area is 139 Å². The van der Waals surface area contributed by atoms with Gasteiger partial charge in [-0.1, -0.05) is 31.2 Å². The second-order valence-electron chi connectivity index (χ2n) is 5.18. The van der Waals surface area contributed by atoms with Crippen LogP contribution in [0, 0.1) is 0 Å². The zero-order valence-corrected chi connectivity index (χ0v) is 13.8. The lowest BCUT2D eigenvalue weighted by Gasteiger charge is -2.08. The molecular formula is C17H16N2O4S. The summed E-state index contributed by atoms with van der Waals surface area (Å²) in [6, 6.07) is 13.5. The number of hydrogen-bond acceptors (Lipinski definition) is 5. The summed E-state index contributed by atoms with van der Waals surface area (Å²) >= 11 is 0. The highest BCUT2D eigenvalue weighted by Crippen LogP contribution is 2.19. The van der Waals surface area contributed by atoms with Crippen molar-refractivity contribution in [3.8, 4) is 0 Å². The third kappa shape index (κ3) is 3.16. The largest absolute Gasteiger partial charge is 0.454 e. The van der Waals surface area contributed by atoms with Crippen molar-refractivity contribution >= 4 is 26.8 Å². The molecule has 0 aliphatic heterocycles. The Balaban J connectivity index is 1.81. The van der Waals surface area contributed by atoms with Gasteiger partial charge < -0.3 is 9.72 Å². The number of aromatic nitrogens is 2. The number of H-pyrrole nitrogens is 1. The Hall–Kier alpha value is -2.67. The number of benzene rings is 2. The van der Waals surface area contributed by atoms with Crippen LogP contribution in [-0.4, -0.2) is 30.1 Å². The molecule has 1 N–H and O–H groups in total. The first kappa shape index (κ1) is 16.2. The van der Waals surface area contributed by atoms with Gasteiger partial charge in [-0.25, -0.2) is 18.2 Å². The SMILES string of the molecule is CCS(=O)(=O)c1ccccc1C(=O)OCc1nc2ccccc2[nH]1. The van der Waals surface area contributed by atoms with Crippen molar-refractivity contribution in [2.75, 3.05) is 5.75 Å². The van der Waals surface area contributed by atoms with Crippen molar-refractivity contribution < 1.29 is 17.9 Å². The first-order valence-corrected chi connectivity index (χ1v) is 9.09. The van der Waals surface area contributed by atoms with Crippen molar-refractivity contribution in [1.82, 2.24) is 9.97 Å². The number of nitrogens with zero attached hydrogens (tertiary/aromatic N) is 1. The molecule has 0 radical (unpaired) electrons. The third-order valence-corrected chi connectivity index (χ3v) is 5.39. The summed E-state index contributed by atoms with van der Waals surface area (Å²) in [4.78, 5) is 19.6. The van der Waals surface area contributed by atoms with Crippen LogP contribution in [0.5, 0.6) is 0 Å². The third-order valence-electron chi connectivity index (χ3n) is 3.60. The van der Waals surface area contributed by atoms with Gasteiger partial charge in [0.1, 0.15) is 12.4 Å². The van der Waals surface area contributed by atoms with E-state index in [2.05, 4.69) is 9.97 Å². The molecule has 0 bridgehead atoms. The fourth-order valence-electron chi connectivity index (χ4n) is 2.35. The Bertz CT molecular complexity index is 960. The van der Waals surface area contributed by atoms with Gasteiger partial charge >= 0.3 is 5.97 Å². The normalized spacial score (nSPS) is 11.5. The van der Waals surface area contributed by atoms with E-state index >= 15 is 0 Å². The molecule has 0 atom stereocenters. The quantitative estimate of drug-likeness (QED) is 0.719. The Morgan fingerprint density at radius 3 is 2.58 bits per heavy atom. The number of para-hydroxylation sites is 2. The molecule has 3 aromatic rings. The number of esters is 1. The van der Waals surface area contributed by atoms with Crippen LogP contribution >= 0.6 is 0 Å². The molecule has 0 fully saturated rings. The predicted octanol–water partition coefficient (Wildman–Crippen LogP) is 2.71. The van der Waals surface area contributed by atoms with E-state index in [1.807, 2.05) is 24.3 Å². The molecule has 6 nitrogen and oxygen atoms in total. The summed E-state index contributed by atoms with van der Waals surface area (Å²) in [7, 11) is -3.50. The van der Waals surface area contributed by atoms with Crippen LogP contribution in [0.15, 0.2) is 53.4 Å². The van der Waals surface area contributed by atoms with Gasteiger partial charge in [-0.2, -0.15) is 0 Å². The number of sulfone groups is 1. The number of hydrogen-bond donors (Lipinski definition) is 1. The molecule has 0 aliphatic rings. The van der Waals surface area contributed by atoms with E-state index in [-0.39, 0.29) is 22.8 Å². The number of fused-ring (bicyclic) bond motifs is 1. The number of aromatic amines is 1. The second-order valence-corrected chi connectivity index (χ2v) is 7.42. The first-order valence-electron chi connectivity index (χ1n) is 7.44. The summed E-state index contributed by atoms with van der Waals surface area (Å²) < 4.78 is 29.4. The minimum absolute atomic E-state index is 0.0119. The molecule has 1 heterocycles. The molecule has 0 saturated heterocycles. The monoisotopic (exact) mass is 344 g/mol. The van der Waals surface area contributed by atoms with Crippen molar-refractivity contribution in [1.29, 1.82) is 0 Å². The van der Waals surface area contributed by atoms with Crippen LogP contribution in [0.4, 0.5) is 0 Å². The minimum atomic E-state index is -3.50. The predicted molar refractivity (Wildman–Crippen MR) is 89.4 cm³/mol. The average Bonchev–Trinajstić information content (AvgIpc) is 3.02. The molecule has 124 valence electrons. The number of carbonyl (C=O) groups excluding carboxylic acids is 1. The van der Waals surface area contributed by atoms with Gasteiger partial charge in [-0.3, -0.25) is 0 Å². The molecule has 0 unspecified atom stereocenters. The first-order chi connectivity index (χ1) is 11.5. The summed E-state index contributed by atoms with van der Waals surface area (Å²) in [6.45, 7) is 1.47. The lowest BCUT2D eigenvalue weighted by Crippen LogP contribution is -2.13. The fourth-order valence-corrected chi connectivity index (χ4v) is 3.43.